The Labute approximate surface area is 175 Å². The highest BCUT2D eigenvalue weighted by molar-refractivity contribution is 5.95. The van der Waals surface area contributed by atoms with E-state index in [0.29, 0.717) is 17.9 Å². The number of furan rings is 1. The third-order valence-electron chi connectivity index (χ3n) is 4.97. The van der Waals surface area contributed by atoms with E-state index in [1.807, 2.05) is 54.9 Å². The van der Waals surface area contributed by atoms with Crippen molar-refractivity contribution in [3.05, 3.63) is 90.3 Å². The molecule has 0 unspecified atom stereocenters. The highest BCUT2D eigenvalue weighted by Crippen LogP contribution is 2.19. The number of allylic oxidation sites excluding steroid dienone is 1. The van der Waals surface area contributed by atoms with Crippen LogP contribution < -0.4 is 4.74 Å². The smallest absolute Gasteiger partial charge is 0.257 e. The van der Waals surface area contributed by atoms with E-state index in [9.17, 15) is 4.79 Å². The Hall–Kier alpha value is -3.80. The molecule has 2 heterocycles. The molecule has 0 saturated carbocycles. The predicted molar refractivity (Wildman–Crippen MR) is 116 cm³/mol. The van der Waals surface area contributed by atoms with E-state index >= 15 is 0 Å². The summed E-state index contributed by atoms with van der Waals surface area (Å²) in [6.45, 7) is 2.25. The molecule has 6 nitrogen and oxygen atoms in total. The van der Waals surface area contributed by atoms with E-state index < -0.39 is 0 Å². The zero-order chi connectivity index (χ0) is 21.1. The number of aryl methyl sites for hydroxylation is 1. The van der Waals surface area contributed by atoms with Crippen molar-refractivity contribution >= 4 is 22.5 Å². The number of benzene rings is 2. The van der Waals surface area contributed by atoms with Gasteiger partial charge in [0.2, 0.25) is 0 Å². The molecule has 1 amide bonds. The normalized spacial score (nSPS) is 11.6. The van der Waals surface area contributed by atoms with Gasteiger partial charge in [0.1, 0.15) is 23.9 Å². The third kappa shape index (κ3) is 3.98. The van der Waals surface area contributed by atoms with Crippen molar-refractivity contribution in [3.8, 4) is 5.75 Å². The lowest BCUT2D eigenvalue weighted by Crippen LogP contribution is -2.21. The second kappa shape index (κ2) is 8.29. The Morgan fingerprint density at radius 2 is 1.90 bits per heavy atom. The van der Waals surface area contributed by atoms with Crippen LogP contribution in [-0.4, -0.2) is 27.4 Å². The topological polar surface area (TPSA) is 60.5 Å². The monoisotopic (exact) mass is 401 g/mol. The van der Waals surface area contributed by atoms with E-state index in [-0.39, 0.29) is 5.91 Å². The minimum absolute atomic E-state index is 0.109. The van der Waals surface area contributed by atoms with Crippen molar-refractivity contribution in [1.29, 1.82) is 0 Å². The summed E-state index contributed by atoms with van der Waals surface area (Å²) in [4.78, 5) is 18.8. The van der Waals surface area contributed by atoms with Gasteiger partial charge in [-0.3, -0.25) is 4.79 Å². The standard InChI is InChI=1S/C24H23N3O3/c1-17(22-9-6-14-29-22)15-26(2)24(28)18-10-12-19(13-11-18)30-16-23-25-20-7-4-5-8-21(20)27(23)3/h4-15H,16H2,1-3H3/b17-15+. The maximum Gasteiger partial charge on any atom is 0.257 e. The van der Waals surface area contributed by atoms with Crippen molar-refractivity contribution in [2.75, 3.05) is 7.05 Å². The second-order valence-corrected chi connectivity index (χ2v) is 7.09. The maximum absolute atomic E-state index is 12.7. The molecule has 4 rings (SSSR count). The Morgan fingerprint density at radius 1 is 1.13 bits per heavy atom. The van der Waals surface area contributed by atoms with Crippen molar-refractivity contribution in [3.63, 3.8) is 0 Å². The molecule has 0 atom stereocenters. The molecule has 0 aliphatic heterocycles. The second-order valence-electron chi connectivity index (χ2n) is 7.09. The van der Waals surface area contributed by atoms with Gasteiger partial charge in [0.05, 0.1) is 17.3 Å². The van der Waals surface area contributed by atoms with E-state index in [1.54, 1.807) is 48.7 Å². The molecule has 0 saturated heterocycles. The molecule has 30 heavy (non-hydrogen) atoms. The quantitative estimate of drug-likeness (QED) is 0.462. The Bertz CT molecular complexity index is 1190. The average molecular weight is 401 g/mol. The average Bonchev–Trinajstić information content (AvgIpc) is 3.41. The van der Waals surface area contributed by atoms with Crippen molar-refractivity contribution in [1.82, 2.24) is 14.5 Å². The molecule has 0 fully saturated rings. The summed E-state index contributed by atoms with van der Waals surface area (Å²) in [5.74, 6) is 2.15. The first kappa shape index (κ1) is 19.5. The zero-order valence-electron chi connectivity index (χ0n) is 17.2. The number of carbonyl (C=O) groups is 1. The minimum atomic E-state index is -0.109. The van der Waals surface area contributed by atoms with Crippen molar-refractivity contribution in [2.45, 2.75) is 13.5 Å². The number of fused-ring (bicyclic) bond motifs is 1. The Kier molecular flexibility index (Phi) is 5.39. The van der Waals surface area contributed by atoms with E-state index in [0.717, 1.165) is 28.2 Å². The van der Waals surface area contributed by atoms with Gasteiger partial charge < -0.3 is 18.6 Å². The first-order valence-corrected chi connectivity index (χ1v) is 9.65. The van der Waals surface area contributed by atoms with Crippen LogP contribution in [0.5, 0.6) is 5.75 Å². The van der Waals surface area contributed by atoms with Crippen LogP contribution in [0.25, 0.3) is 16.6 Å². The van der Waals surface area contributed by atoms with E-state index in [2.05, 4.69) is 4.98 Å². The first-order valence-electron chi connectivity index (χ1n) is 9.65. The molecule has 0 aliphatic carbocycles. The summed E-state index contributed by atoms with van der Waals surface area (Å²) in [6.07, 6.45) is 3.37. The van der Waals surface area contributed by atoms with Gasteiger partial charge in [-0.1, -0.05) is 12.1 Å². The van der Waals surface area contributed by atoms with Crippen LogP contribution in [0.2, 0.25) is 0 Å². The summed E-state index contributed by atoms with van der Waals surface area (Å²) < 4.78 is 13.3. The number of rotatable bonds is 6. The summed E-state index contributed by atoms with van der Waals surface area (Å²) in [5.41, 5.74) is 3.47. The first-order chi connectivity index (χ1) is 14.5. The van der Waals surface area contributed by atoms with Gasteiger partial charge in [-0.15, -0.1) is 0 Å². The van der Waals surface area contributed by atoms with Gasteiger partial charge in [0, 0.05) is 31.4 Å². The molecule has 0 spiro atoms. The van der Waals surface area contributed by atoms with Crippen LogP contribution in [-0.2, 0) is 13.7 Å². The number of carbonyl (C=O) groups excluding carboxylic acids is 1. The number of amides is 1. The van der Waals surface area contributed by atoms with Gasteiger partial charge >= 0.3 is 0 Å². The lowest BCUT2D eigenvalue weighted by Gasteiger charge is -2.14. The van der Waals surface area contributed by atoms with Gasteiger partial charge in [-0.05, 0) is 55.5 Å². The van der Waals surface area contributed by atoms with Crippen LogP contribution in [0.4, 0.5) is 0 Å². The molecule has 6 heteroatoms. The van der Waals surface area contributed by atoms with Crippen LogP contribution in [0, 0.1) is 0 Å². The Morgan fingerprint density at radius 3 is 2.60 bits per heavy atom. The lowest BCUT2D eigenvalue weighted by molar-refractivity contribution is 0.0850. The third-order valence-corrected chi connectivity index (χ3v) is 4.97. The number of ether oxygens (including phenoxy) is 1. The van der Waals surface area contributed by atoms with Crippen LogP contribution in [0.3, 0.4) is 0 Å². The molecule has 0 N–H and O–H groups in total. The SMILES string of the molecule is C/C(=C\N(C)C(=O)c1ccc(OCc2nc3ccccc3n2C)cc1)c1ccco1. The highest BCUT2D eigenvalue weighted by atomic mass is 16.5. The fourth-order valence-corrected chi connectivity index (χ4v) is 3.29. The largest absolute Gasteiger partial charge is 0.486 e. The fourth-order valence-electron chi connectivity index (χ4n) is 3.29. The summed E-state index contributed by atoms with van der Waals surface area (Å²) >= 11 is 0. The minimum Gasteiger partial charge on any atom is -0.486 e. The molecule has 0 radical (unpaired) electrons. The molecular formula is C24H23N3O3. The predicted octanol–water partition coefficient (Wildman–Crippen LogP) is 4.88. The van der Waals surface area contributed by atoms with Gasteiger partial charge in [0.15, 0.2) is 0 Å². The van der Waals surface area contributed by atoms with Crippen LogP contribution in [0.15, 0.2) is 77.5 Å². The Balaban J connectivity index is 1.41. The van der Waals surface area contributed by atoms with Crippen LogP contribution in [0.1, 0.15) is 28.9 Å². The van der Waals surface area contributed by atoms with E-state index in [1.165, 1.54) is 0 Å². The van der Waals surface area contributed by atoms with Gasteiger partial charge in [-0.25, -0.2) is 4.98 Å². The number of nitrogens with zero attached hydrogens (tertiary/aromatic N) is 3. The molecule has 2 aromatic heterocycles. The molecular weight excluding hydrogens is 378 g/mol. The summed E-state index contributed by atoms with van der Waals surface area (Å²) in [6, 6.07) is 18.8. The maximum atomic E-state index is 12.7. The molecule has 0 bridgehead atoms. The number of para-hydroxylation sites is 2. The number of imidazole rings is 1. The van der Waals surface area contributed by atoms with Gasteiger partial charge in [-0.2, -0.15) is 0 Å². The molecule has 4 aromatic rings. The molecule has 152 valence electrons. The fraction of sp³-hybridized carbons (Fsp3) is 0.167. The summed E-state index contributed by atoms with van der Waals surface area (Å²) in [5, 5.41) is 0. The number of aromatic nitrogens is 2. The van der Waals surface area contributed by atoms with E-state index in [4.69, 9.17) is 9.15 Å². The zero-order valence-corrected chi connectivity index (χ0v) is 17.2. The summed E-state index contributed by atoms with van der Waals surface area (Å²) in [7, 11) is 3.70. The van der Waals surface area contributed by atoms with Crippen molar-refractivity contribution in [2.24, 2.45) is 7.05 Å². The van der Waals surface area contributed by atoms with Crippen molar-refractivity contribution < 1.29 is 13.9 Å². The molecule has 0 aliphatic rings. The lowest BCUT2D eigenvalue weighted by atomic mass is 10.2. The molecule has 2 aromatic carbocycles. The highest BCUT2D eigenvalue weighted by Gasteiger charge is 2.12. The van der Waals surface area contributed by atoms with Crippen LogP contribution >= 0.6 is 0 Å². The number of hydrogen-bond acceptors (Lipinski definition) is 4. The number of hydrogen-bond donors (Lipinski definition) is 0. The van der Waals surface area contributed by atoms with Gasteiger partial charge in [0.25, 0.3) is 5.91 Å².